The fraction of sp³-hybridized carbons (Fsp3) is 0.632. The van der Waals surface area contributed by atoms with Gasteiger partial charge in [-0.2, -0.15) is 0 Å². The summed E-state index contributed by atoms with van der Waals surface area (Å²) >= 11 is 0. The van der Waals surface area contributed by atoms with Gasteiger partial charge in [-0.3, -0.25) is 0 Å². The number of hydrogen-bond acceptors (Lipinski definition) is 3. The summed E-state index contributed by atoms with van der Waals surface area (Å²) in [7, 11) is 0. The summed E-state index contributed by atoms with van der Waals surface area (Å²) in [5.41, 5.74) is 2.67. The summed E-state index contributed by atoms with van der Waals surface area (Å²) in [5.74, 6) is -0.425. The van der Waals surface area contributed by atoms with E-state index >= 15 is 0 Å². The second kappa shape index (κ2) is 6.73. The van der Waals surface area contributed by atoms with Crippen LogP contribution in [0.3, 0.4) is 0 Å². The third-order valence-corrected chi connectivity index (χ3v) is 5.54. The molecule has 5 nitrogen and oxygen atoms in total. The number of piperidine rings is 1. The van der Waals surface area contributed by atoms with Gasteiger partial charge in [0, 0.05) is 25.9 Å². The summed E-state index contributed by atoms with van der Waals surface area (Å²) in [5, 5.41) is 3.27. The first-order valence-corrected chi connectivity index (χ1v) is 9.17. The first kappa shape index (κ1) is 15.9. The van der Waals surface area contributed by atoms with Crippen LogP contribution in [0.1, 0.15) is 49.3 Å². The molecule has 2 aliphatic heterocycles. The van der Waals surface area contributed by atoms with Crippen molar-refractivity contribution >= 4 is 6.03 Å². The fourth-order valence-electron chi connectivity index (χ4n) is 4.15. The number of nitrogens with one attached hydrogen (secondary N) is 1. The highest BCUT2D eigenvalue weighted by Crippen LogP contribution is 2.32. The van der Waals surface area contributed by atoms with Crippen LogP contribution in [-0.4, -0.2) is 43.0 Å². The zero-order valence-electron chi connectivity index (χ0n) is 14.1. The summed E-state index contributed by atoms with van der Waals surface area (Å²) in [4.78, 5) is 14.6. The van der Waals surface area contributed by atoms with Crippen molar-refractivity contribution in [3.8, 4) is 0 Å². The average molecular weight is 330 g/mol. The molecule has 0 saturated carbocycles. The van der Waals surface area contributed by atoms with E-state index in [1.165, 1.54) is 17.5 Å². The van der Waals surface area contributed by atoms with E-state index in [4.69, 9.17) is 9.47 Å². The van der Waals surface area contributed by atoms with Crippen LogP contribution in [0, 0.1) is 0 Å². The molecule has 1 atom stereocenters. The average Bonchev–Trinajstić information content (AvgIpc) is 2.96. The standard InChI is InChI=1S/C19H26N2O3/c22-18(21-11-9-19(10-12-21)23-13-14-24-19)20-17-8-4-2-6-15-5-1-3-7-16(15)17/h1,3,5,7,17H,2,4,6,8-14H2,(H,20,22). The monoisotopic (exact) mass is 330 g/mol. The van der Waals surface area contributed by atoms with Crippen molar-refractivity contribution in [2.45, 2.75) is 50.4 Å². The predicted octanol–water partition coefficient (Wildman–Crippen LogP) is 3.00. The Kier molecular flexibility index (Phi) is 4.46. The molecular formula is C19H26N2O3. The number of hydrogen-bond donors (Lipinski definition) is 1. The van der Waals surface area contributed by atoms with E-state index in [0.29, 0.717) is 26.3 Å². The minimum absolute atomic E-state index is 0.0459. The molecule has 0 bridgehead atoms. The number of rotatable bonds is 1. The lowest BCUT2D eigenvalue weighted by Gasteiger charge is -2.38. The molecule has 130 valence electrons. The number of aryl methyl sites for hydroxylation is 1. The number of carbonyl (C=O) groups excluding carboxylic acids is 1. The summed E-state index contributed by atoms with van der Waals surface area (Å²) < 4.78 is 11.5. The van der Waals surface area contributed by atoms with E-state index < -0.39 is 5.79 Å². The van der Waals surface area contributed by atoms with Crippen molar-refractivity contribution in [1.82, 2.24) is 10.2 Å². The highest BCUT2D eigenvalue weighted by molar-refractivity contribution is 5.75. The molecule has 1 aromatic rings. The van der Waals surface area contributed by atoms with Crippen molar-refractivity contribution in [1.29, 1.82) is 0 Å². The van der Waals surface area contributed by atoms with E-state index in [1.54, 1.807) is 0 Å². The SMILES string of the molecule is O=C(NC1CCCCc2ccccc21)N1CCC2(CC1)OCCO2. The van der Waals surface area contributed by atoms with Crippen molar-refractivity contribution in [2.75, 3.05) is 26.3 Å². The molecule has 1 aromatic carbocycles. The molecule has 4 rings (SSSR count). The number of ether oxygens (including phenoxy) is 2. The maximum absolute atomic E-state index is 12.7. The number of fused-ring (bicyclic) bond motifs is 1. The molecule has 24 heavy (non-hydrogen) atoms. The number of nitrogens with zero attached hydrogens (tertiary/aromatic N) is 1. The van der Waals surface area contributed by atoms with Crippen molar-refractivity contribution in [3.63, 3.8) is 0 Å². The van der Waals surface area contributed by atoms with E-state index in [-0.39, 0.29) is 12.1 Å². The molecule has 1 aliphatic carbocycles. The van der Waals surface area contributed by atoms with Crippen molar-refractivity contribution in [2.24, 2.45) is 0 Å². The lowest BCUT2D eigenvalue weighted by Crippen LogP contribution is -2.50. The maximum Gasteiger partial charge on any atom is 0.317 e. The van der Waals surface area contributed by atoms with Gasteiger partial charge in [0.05, 0.1) is 19.3 Å². The number of carbonyl (C=O) groups is 1. The number of benzene rings is 1. The van der Waals surface area contributed by atoms with Crippen LogP contribution in [0.25, 0.3) is 0 Å². The Balaban J connectivity index is 1.39. The van der Waals surface area contributed by atoms with E-state index in [2.05, 4.69) is 29.6 Å². The van der Waals surface area contributed by atoms with Gasteiger partial charge in [-0.1, -0.05) is 30.7 Å². The topological polar surface area (TPSA) is 50.8 Å². The summed E-state index contributed by atoms with van der Waals surface area (Å²) in [6.07, 6.45) is 6.02. The minimum Gasteiger partial charge on any atom is -0.347 e. The highest BCUT2D eigenvalue weighted by Gasteiger charge is 2.41. The molecule has 3 aliphatic rings. The lowest BCUT2D eigenvalue weighted by atomic mass is 9.99. The van der Waals surface area contributed by atoms with E-state index in [9.17, 15) is 4.79 Å². The molecule has 2 saturated heterocycles. The van der Waals surface area contributed by atoms with Crippen LogP contribution in [0.5, 0.6) is 0 Å². The van der Waals surface area contributed by atoms with Gasteiger partial charge in [0.1, 0.15) is 0 Å². The van der Waals surface area contributed by atoms with Gasteiger partial charge in [-0.05, 0) is 30.4 Å². The largest absolute Gasteiger partial charge is 0.347 e. The molecule has 1 N–H and O–H groups in total. The van der Waals surface area contributed by atoms with Crippen LogP contribution in [-0.2, 0) is 15.9 Å². The van der Waals surface area contributed by atoms with Crippen LogP contribution in [0.15, 0.2) is 24.3 Å². The minimum atomic E-state index is -0.425. The van der Waals surface area contributed by atoms with E-state index in [1.807, 2.05) is 4.90 Å². The summed E-state index contributed by atoms with van der Waals surface area (Å²) in [6, 6.07) is 8.70. The van der Waals surface area contributed by atoms with Gasteiger partial charge in [0.25, 0.3) is 0 Å². The zero-order chi connectivity index (χ0) is 16.4. The lowest BCUT2D eigenvalue weighted by molar-refractivity contribution is -0.181. The molecule has 0 radical (unpaired) electrons. The normalized spacial score (nSPS) is 26.0. The third-order valence-electron chi connectivity index (χ3n) is 5.54. The summed E-state index contributed by atoms with van der Waals surface area (Å²) in [6.45, 7) is 2.73. The van der Waals surface area contributed by atoms with Crippen molar-refractivity contribution < 1.29 is 14.3 Å². The smallest absolute Gasteiger partial charge is 0.317 e. The van der Waals surface area contributed by atoms with Gasteiger partial charge in [0.15, 0.2) is 5.79 Å². The molecule has 5 heteroatoms. The van der Waals surface area contributed by atoms with E-state index in [0.717, 1.165) is 32.1 Å². The molecule has 2 fully saturated rings. The Labute approximate surface area is 143 Å². The predicted molar refractivity (Wildman–Crippen MR) is 90.7 cm³/mol. The molecule has 2 amide bonds. The second-order valence-corrected chi connectivity index (χ2v) is 7.04. The van der Waals surface area contributed by atoms with Gasteiger partial charge in [-0.25, -0.2) is 4.79 Å². The quantitative estimate of drug-likeness (QED) is 0.805. The molecule has 1 spiro atoms. The Hall–Kier alpha value is -1.59. The Morgan fingerprint density at radius 1 is 1.12 bits per heavy atom. The van der Waals surface area contributed by atoms with Gasteiger partial charge >= 0.3 is 6.03 Å². The zero-order valence-corrected chi connectivity index (χ0v) is 14.1. The van der Waals surface area contributed by atoms with Gasteiger partial charge in [-0.15, -0.1) is 0 Å². The molecular weight excluding hydrogens is 304 g/mol. The van der Waals surface area contributed by atoms with Crippen LogP contribution in [0.4, 0.5) is 4.79 Å². The molecule has 0 aromatic heterocycles. The number of amides is 2. The Morgan fingerprint density at radius 3 is 2.67 bits per heavy atom. The van der Waals surface area contributed by atoms with Crippen LogP contribution >= 0.6 is 0 Å². The van der Waals surface area contributed by atoms with Gasteiger partial charge in [0.2, 0.25) is 0 Å². The maximum atomic E-state index is 12.7. The Morgan fingerprint density at radius 2 is 1.88 bits per heavy atom. The number of urea groups is 1. The van der Waals surface area contributed by atoms with Crippen LogP contribution in [0.2, 0.25) is 0 Å². The van der Waals surface area contributed by atoms with Crippen molar-refractivity contribution in [3.05, 3.63) is 35.4 Å². The first-order chi connectivity index (χ1) is 11.8. The molecule has 1 unspecified atom stereocenters. The first-order valence-electron chi connectivity index (χ1n) is 9.17. The van der Waals surface area contributed by atoms with Gasteiger partial charge < -0.3 is 19.7 Å². The van der Waals surface area contributed by atoms with Crippen LogP contribution < -0.4 is 5.32 Å². The Bertz CT molecular complexity index is 588. The second-order valence-electron chi connectivity index (χ2n) is 7.04. The highest BCUT2D eigenvalue weighted by atomic mass is 16.7. The third kappa shape index (κ3) is 3.15. The molecule has 2 heterocycles. The fourth-order valence-corrected chi connectivity index (χ4v) is 4.15. The number of likely N-dealkylation sites (tertiary alicyclic amines) is 1.